The number of methoxy groups -OCH3 is 1. The quantitative estimate of drug-likeness (QED) is 0.731. The molecule has 0 fully saturated rings. The van der Waals surface area contributed by atoms with Crippen LogP contribution in [0.1, 0.15) is 10.4 Å². The first-order chi connectivity index (χ1) is 7.11. The summed E-state index contributed by atoms with van der Waals surface area (Å²) in [5.74, 6) is -2.06. The highest BCUT2D eigenvalue weighted by Crippen LogP contribution is 2.29. The molecule has 0 bridgehead atoms. The Bertz CT molecular complexity index is 379. The van der Waals surface area contributed by atoms with E-state index < -0.39 is 11.6 Å². The number of aromatic hydroxyl groups is 1. The van der Waals surface area contributed by atoms with Gasteiger partial charge in [0.2, 0.25) is 5.82 Å². The van der Waals surface area contributed by atoms with Crippen molar-refractivity contribution in [2.24, 2.45) is 0 Å². The third kappa shape index (κ3) is 2.24. The molecular weight excluding hydrogens is 201 g/mol. The van der Waals surface area contributed by atoms with Crippen LogP contribution in [0.15, 0.2) is 12.1 Å². The molecule has 15 heavy (non-hydrogen) atoms. The number of phenols is 1. The lowest BCUT2D eigenvalue weighted by atomic mass is 10.1. The number of ketones is 1. The van der Waals surface area contributed by atoms with E-state index in [0.29, 0.717) is 0 Å². The summed E-state index contributed by atoms with van der Waals surface area (Å²) >= 11 is 0. The molecule has 0 saturated heterocycles. The number of rotatable bonds is 4. The molecule has 82 valence electrons. The predicted octanol–water partition coefficient (Wildman–Crippen LogP) is 0.942. The standard InChI is InChI=1S/C10H12FNO3/c1-12-5-7(13)6-3-4-8(15-2)9(11)10(6)14/h3-4,12,14H,5H2,1-2H3. The fourth-order valence-corrected chi connectivity index (χ4v) is 1.18. The normalized spacial score (nSPS) is 10.1. The van der Waals surface area contributed by atoms with E-state index in [2.05, 4.69) is 10.1 Å². The largest absolute Gasteiger partial charge is 0.504 e. The summed E-state index contributed by atoms with van der Waals surface area (Å²) < 4.78 is 18.0. The first kappa shape index (κ1) is 11.5. The van der Waals surface area contributed by atoms with Gasteiger partial charge in [0.05, 0.1) is 19.2 Å². The first-order valence-corrected chi connectivity index (χ1v) is 4.35. The van der Waals surface area contributed by atoms with Crippen molar-refractivity contribution in [1.29, 1.82) is 0 Å². The summed E-state index contributed by atoms with van der Waals surface area (Å²) in [6.07, 6.45) is 0. The highest BCUT2D eigenvalue weighted by atomic mass is 19.1. The third-order valence-corrected chi connectivity index (χ3v) is 1.94. The van der Waals surface area contributed by atoms with E-state index >= 15 is 0 Å². The Morgan fingerprint density at radius 1 is 1.60 bits per heavy atom. The number of carbonyl (C=O) groups excluding carboxylic acids is 1. The number of Topliss-reactive ketones (excluding diaryl/α,β-unsaturated/α-hetero) is 1. The number of ether oxygens (including phenoxy) is 1. The number of hydrogen-bond acceptors (Lipinski definition) is 4. The Morgan fingerprint density at radius 2 is 2.27 bits per heavy atom. The molecule has 0 heterocycles. The van der Waals surface area contributed by atoms with Crippen LogP contribution in [0, 0.1) is 5.82 Å². The summed E-state index contributed by atoms with van der Waals surface area (Å²) in [5.41, 5.74) is -0.0531. The number of hydrogen-bond donors (Lipinski definition) is 2. The lowest BCUT2D eigenvalue weighted by Gasteiger charge is -2.07. The number of benzene rings is 1. The fraction of sp³-hybridized carbons (Fsp3) is 0.300. The summed E-state index contributed by atoms with van der Waals surface area (Å²) in [7, 11) is 2.88. The van der Waals surface area contributed by atoms with E-state index in [1.165, 1.54) is 19.2 Å². The van der Waals surface area contributed by atoms with Crippen molar-refractivity contribution in [1.82, 2.24) is 5.32 Å². The smallest absolute Gasteiger partial charge is 0.207 e. The van der Waals surface area contributed by atoms with Crippen molar-refractivity contribution < 1.29 is 19.0 Å². The number of carbonyl (C=O) groups is 1. The van der Waals surface area contributed by atoms with Crippen LogP contribution in [0.3, 0.4) is 0 Å². The molecule has 0 aliphatic heterocycles. The van der Waals surface area contributed by atoms with Gasteiger partial charge in [-0.25, -0.2) is 0 Å². The van der Waals surface area contributed by atoms with Crippen LogP contribution in [-0.2, 0) is 0 Å². The molecule has 5 heteroatoms. The molecule has 2 N–H and O–H groups in total. The molecule has 1 rings (SSSR count). The van der Waals surface area contributed by atoms with Gasteiger partial charge in [0, 0.05) is 0 Å². The molecule has 0 amide bonds. The minimum Gasteiger partial charge on any atom is -0.504 e. The van der Waals surface area contributed by atoms with Gasteiger partial charge in [0.25, 0.3) is 0 Å². The highest BCUT2D eigenvalue weighted by molar-refractivity contribution is 6.00. The van der Waals surface area contributed by atoms with E-state index in [9.17, 15) is 14.3 Å². The molecular formula is C10H12FNO3. The minimum absolute atomic E-state index is 0.0410. The Labute approximate surface area is 86.7 Å². The zero-order valence-corrected chi connectivity index (χ0v) is 8.50. The maximum atomic E-state index is 13.3. The number of nitrogens with one attached hydrogen (secondary N) is 1. The van der Waals surface area contributed by atoms with Crippen LogP contribution in [0.4, 0.5) is 4.39 Å². The van der Waals surface area contributed by atoms with E-state index in [1.807, 2.05) is 0 Å². The topological polar surface area (TPSA) is 58.6 Å². The summed E-state index contributed by atoms with van der Waals surface area (Å²) in [4.78, 5) is 11.4. The van der Waals surface area contributed by atoms with Crippen molar-refractivity contribution in [3.05, 3.63) is 23.5 Å². The first-order valence-electron chi connectivity index (χ1n) is 4.35. The van der Waals surface area contributed by atoms with E-state index in [4.69, 9.17) is 0 Å². The fourth-order valence-electron chi connectivity index (χ4n) is 1.18. The van der Waals surface area contributed by atoms with Crippen molar-refractivity contribution in [3.8, 4) is 11.5 Å². The van der Waals surface area contributed by atoms with Gasteiger partial charge < -0.3 is 15.2 Å². The molecule has 0 atom stereocenters. The van der Waals surface area contributed by atoms with Gasteiger partial charge in [-0.05, 0) is 19.2 Å². The molecule has 0 radical (unpaired) electrons. The predicted molar refractivity (Wildman–Crippen MR) is 52.9 cm³/mol. The maximum absolute atomic E-state index is 13.3. The van der Waals surface area contributed by atoms with Gasteiger partial charge in [-0.1, -0.05) is 0 Å². The average Bonchev–Trinajstić information content (AvgIpc) is 2.22. The van der Waals surface area contributed by atoms with E-state index in [1.54, 1.807) is 7.05 Å². The molecule has 0 aromatic heterocycles. The second-order valence-electron chi connectivity index (χ2n) is 2.93. The van der Waals surface area contributed by atoms with Crippen LogP contribution >= 0.6 is 0 Å². The number of likely N-dealkylation sites (N-methyl/N-ethyl adjacent to an activating group) is 1. The van der Waals surface area contributed by atoms with Gasteiger partial charge in [-0.15, -0.1) is 0 Å². The maximum Gasteiger partial charge on any atom is 0.207 e. The van der Waals surface area contributed by atoms with Crippen LogP contribution in [0.25, 0.3) is 0 Å². The second-order valence-corrected chi connectivity index (χ2v) is 2.93. The molecule has 0 unspecified atom stereocenters. The Kier molecular flexibility index (Phi) is 3.62. The number of halogens is 1. The molecule has 4 nitrogen and oxygen atoms in total. The van der Waals surface area contributed by atoms with Gasteiger partial charge in [0.15, 0.2) is 17.3 Å². The van der Waals surface area contributed by atoms with E-state index in [0.717, 1.165) is 0 Å². The van der Waals surface area contributed by atoms with Crippen molar-refractivity contribution >= 4 is 5.78 Å². The van der Waals surface area contributed by atoms with Gasteiger partial charge in [-0.2, -0.15) is 4.39 Å². The van der Waals surface area contributed by atoms with Gasteiger partial charge in [-0.3, -0.25) is 4.79 Å². The van der Waals surface area contributed by atoms with Crippen molar-refractivity contribution in [3.63, 3.8) is 0 Å². The van der Waals surface area contributed by atoms with Crippen LogP contribution in [-0.4, -0.2) is 31.6 Å². The van der Waals surface area contributed by atoms with E-state index in [-0.39, 0.29) is 23.6 Å². The zero-order chi connectivity index (χ0) is 11.4. The zero-order valence-electron chi connectivity index (χ0n) is 8.50. The molecule has 1 aromatic carbocycles. The van der Waals surface area contributed by atoms with Gasteiger partial charge >= 0.3 is 0 Å². The molecule has 0 saturated carbocycles. The SMILES string of the molecule is CNCC(=O)c1ccc(OC)c(F)c1O. The Hall–Kier alpha value is -1.62. The summed E-state index contributed by atoms with van der Waals surface area (Å²) in [5, 5.41) is 12.0. The molecule has 0 spiro atoms. The second kappa shape index (κ2) is 4.75. The molecule has 0 aliphatic carbocycles. The van der Waals surface area contributed by atoms with Crippen LogP contribution < -0.4 is 10.1 Å². The summed E-state index contributed by atoms with van der Waals surface area (Å²) in [6, 6.07) is 2.63. The average molecular weight is 213 g/mol. The van der Waals surface area contributed by atoms with Gasteiger partial charge in [0.1, 0.15) is 0 Å². The van der Waals surface area contributed by atoms with Crippen LogP contribution in [0.5, 0.6) is 11.5 Å². The number of phenolic OH excluding ortho intramolecular Hbond substituents is 1. The Morgan fingerprint density at radius 3 is 2.80 bits per heavy atom. The highest BCUT2D eigenvalue weighted by Gasteiger charge is 2.17. The van der Waals surface area contributed by atoms with Crippen molar-refractivity contribution in [2.45, 2.75) is 0 Å². The van der Waals surface area contributed by atoms with Crippen molar-refractivity contribution in [2.75, 3.05) is 20.7 Å². The summed E-state index contributed by atoms with van der Waals surface area (Å²) in [6.45, 7) is 0.0410. The molecule has 1 aromatic rings. The minimum atomic E-state index is -0.917. The monoisotopic (exact) mass is 213 g/mol. The third-order valence-electron chi connectivity index (χ3n) is 1.94. The lowest BCUT2D eigenvalue weighted by molar-refractivity contribution is 0.0990. The lowest BCUT2D eigenvalue weighted by Crippen LogP contribution is -2.18. The molecule has 0 aliphatic rings. The van der Waals surface area contributed by atoms with Crippen LogP contribution in [0.2, 0.25) is 0 Å². The Balaban J connectivity index is 3.11.